The van der Waals surface area contributed by atoms with Crippen molar-refractivity contribution in [2.75, 3.05) is 0 Å². The zero-order valence-corrected chi connectivity index (χ0v) is 17.7. The molecule has 32 heavy (non-hydrogen) atoms. The normalized spacial score (nSPS) is 10.8. The quantitative estimate of drug-likeness (QED) is 0.246. The van der Waals surface area contributed by atoms with Crippen LogP contribution in [0.25, 0.3) is 0 Å². The lowest BCUT2D eigenvalue weighted by molar-refractivity contribution is -0.387. The van der Waals surface area contributed by atoms with Crippen molar-refractivity contribution < 1.29 is 14.6 Å². The molecule has 0 unspecified atom stereocenters. The van der Waals surface area contributed by atoms with Crippen LogP contribution in [0.3, 0.4) is 0 Å². The highest BCUT2D eigenvalue weighted by Gasteiger charge is 2.17. The van der Waals surface area contributed by atoms with Crippen LogP contribution >= 0.6 is 11.8 Å². The predicted molar refractivity (Wildman–Crippen MR) is 117 cm³/mol. The Hall–Kier alpha value is -4.19. The van der Waals surface area contributed by atoms with Gasteiger partial charge in [-0.1, -0.05) is 12.1 Å². The molecular weight excluding hydrogens is 436 g/mol. The van der Waals surface area contributed by atoms with Crippen LogP contribution < -0.4 is 5.43 Å². The van der Waals surface area contributed by atoms with Crippen LogP contribution in [0.5, 0.6) is 0 Å². The Bertz CT molecular complexity index is 1230. The van der Waals surface area contributed by atoms with Crippen LogP contribution in [0.15, 0.2) is 63.7 Å². The number of nitro groups is 2. The summed E-state index contributed by atoms with van der Waals surface area (Å²) in [4.78, 5) is 42.3. The zero-order chi connectivity index (χ0) is 23.3. The number of carbonyl (C=O) groups excluding carboxylic acids is 1. The lowest BCUT2D eigenvalue weighted by Gasteiger charge is -2.05. The molecule has 0 saturated heterocycles. The van der Waals surface area contributed by atoms with E-state index in [1.165, 1.54) is 30.5 Å². The third-order valence-corrected chi connectivity index (χ3v) is 4.97. The van der Waals surface area contributed by atoms with Gasteiger partial charge in [0.15, 0.2) is 5.16 Å². The molecule has 1 amide bonds. The first-order chi connectivity index (χ1) is 15.2. The number of nitrogens with one attached hydrogen (secondary N) is 1. The smallest absolute Gasteiger partial charge is 0.267 e. The first-order valence-corrected chi connectivity index (χ1v) is 9.91. The second-order valence-corrected chi connectivity index (χ2v) is 7.54. The molecule has 0 aliphatic heterocycles. The van der Waals surface area contributed by atoms with Gasteiger partial charge >= 0.3 is 0 Å². The summed E-state index contributed by atoms with van der Waals surface area (Å²) in [7, 11) is 0. The molecule has 0 saturated carbocycles. The molecular formula is C20H16N6O5S. The molecule has 11 nitrogen and oxygen atoms in total. The molecule has 1 aromatic heterocycles. The first kappa shape index (κ1) is 22.5. The van der Waals surface area contributed by atoms with Gasteiger partial charge in [0.05, 0.1) is 21.0 Å². The van der Waals surface area contributed by atoms with E-state index in [2.05, 4.69) is 20.5 Å². The third kappa shape index (κ3) is 5.70. The standard InChI is InChI=1S/C20H16N6O5S/c1-12-8-13(2)23-20(22-12)32-18-7-6-14(9-17(18)26(30)31)11-21-24-19(27)15-4-3-5-16(10-15)25(28)29/h3-11H,1-2H3,(H,24,27)/b21-11+. The van der Waals surface area contributed by atoms with E-state index in [9.17, 15) is 25.0 Å². The number of aryl methyl sites for hydroxylation is 2. The Morgan fingerprint density at radius 3 is 2.41 bits per heavy atom. The van der Waals surface area contributed by atoms with E-state index in [1.807, 2.05) is 13.8 Å². The Balaban J connectivity index is 1.76. The molecule has 0 fully saturated rings. The fraction of sp³-hybridized carbons (Fsp3) is 0.100. The number of hydrazone groups is 1. The van der Waals surface area contributed by atoms with Crippen LogP contribution in [0, 0.1) is 34.1 Å². The number of aromatic nitrogens is 2. The highest BCUT2D eigenvalue weighted by molar-refractivity contribution is 7.99. The largest absolute Gasteiger partial charge is 0.283 e. The molecule has 0 atom stereocenters. The van der Waals surface area contributed by atoms with Gasteiger partial charge in [-0.2, -0.15) is 5.10 Å². The summed E-state index contributed by atoms with van der Waals surface area (Å²) in [5, 5.41) is 26.5. The third-order valence-electron chi connectivity index (χ3n) is 4.04. The molecule has 0 aliphatic carbocycles. The number of benzene rings is 2. The molecule has 1 N–H and O–H groups in total. The highest BCUT2D eigenvalue weighted by atomic mass is 32.2. The van der Waals surface area contributed by atoms with E-state index in [1.54, 1.807) is 18.2 Å². The summed E-state index contributed by atoms with van der Waals surface area (Å²) in [6.07, 6.45) is 1.24. The lowest BCUT2D eigenvalue weighted by atomic mass is 10.2. The van der Waals surface area contributed by atoms with Gasteiger partial charge < -0.3 is 0 Å². The van der Waals surface area contributed by atoms with Gasteiger partial charge in [-0.3, -0.25) is 25.0 Å². The van der Waals surface area contributed by atoms with E-state index in [0.29, 0.717) is 15.6 Å². The Morgan fingerprint density at radius 2 is 1.75 bits per heavy atom. The summed E-state index contributed by atoms with van der Waals surface area (Å²) >= 11 is 1.08. The second-order valence-electron chi connectivity index (χ2n) is 6.53. The number of amides is 1. The second kappa shape index (κ2) is 9.75. The van der Waals surface area contributed by atoms with Crippen LogP contribution in [0.4, 0.5) is 11.4 Å². The first-order valence-electron chi connectivity index (χ1n) is 9.09. The van der Waals surface area contributed by atoms with E-state index in [4.69, 9.17) is 0 Å². The van der Waals surface area contributed by atoms with E-state index < -0.39 is 15.8 Å². The maximum absolute atomic E-state index is 12.1. The molecule has 0 spiro atoms. The van der Waals surface area contributed by atoms with Gasteiger partial charge in [0.2, 0.25) is 0 Å². The van der Waals surface area contributed by atoms with Crippen molar-refractivity contribution in [3.8, 4) is 0 Å². The molecule has 3 rings (SSSR count). The summed E-state index contributed by atoms with van der Waals surface area (Å²) < 4.78 is 0. The van der Waals surface area contributed by atoms with E-state index >= 15 is 0 Å². The number of nitro benzene ring substituents is 2. The number of non-ortho nitro benzene ring substituents is 1. The number of hydrogen-bond donors (Lipinski definition) is 1. The van der Waals surface area contributed by atoms with Gasteiger partial charge in [-0.05, 0) is 43.8 Å². The average molecular weight is 452 g/mol. The van der Waals surface area contributed by atoms with Crippen molar-refractivity contribution in [1.82, 2.24) is 15.4 Å². The van der Waals surface area contributed by atoms with Crippen LogP contribution in [-0.4, -0.2) is 31.9 Å². The molecule has 0 radical (unpaired) electrons. The summed E-state index contributed by atoms with van der Waals surface area (Å²) in [6, 6.07) is 11.4. The number of rotatable bonds is 7. The molecule has 12 heteroatoms. The summed E-state index contributed by atoms with van der Waals surface area (Å²) in [6.45, 7) is 3.63. The predicted octanol–water partition coefficient (Wildman–Crippen LogP) is 3.82. The topological polar surface area (TPSA) is 154 Å². The Kier molecular flexibility index (Phi) is 6.85. The molecule has 162 valence electrons. The van der Waals surface area contributed by atoms with Gasteiger partial charge in [0.1, 0.15) is 0 Å². The highest BCUT2D eigenvalue weighted by Crippen LogP contribution is 2.33. The monoisotopic (exact) mass is 452 g/mol. The summed E-state index contributed by atoms with van der Waals surface area (Å²) in [5.41, 5.74) is 3.80. The number of hydrogen-bond acceptors (Lipinski definition) is 9. The van der Waals surface area contributed by atoms with Crippen LogP contribution in [-0.2, 0) is 0 Å². The minimum absolute atomic E-state index is 0.0579. The Morgan fingerprint density at radius 1 is 1.03 bits per heavy atom. The van der Waals surface area contributed by atoms with E-state index in [-0.39, 0.29) is 16.9 Å². The zero-order valence-electron chi connectivity index (χ0n) is 16.9. The van der Waals surface area contributed by atoms with Crippen LogP contribution in [0.1, 0.15) is 27.3 Å². The van der Waals surface area contributed by atoms with Gasteiger partial charge in [-0.15, -0.1) is 0 Å². The van der Waals surface area contributed by atoms with Gasteiger partial charge in [0.25, 0.3) is 17.3 Å². The molecule has 1 heterocycles. The lowest BCUT2D eigenvalue weighted by Crippen LogP contribution is -2.17. The molecule has 2 aromatic carbocycles. The average Bonchev–Trinajstić information content (AvgIpc) is 2.73. The molecule has 3 aromatic rings. The number of carbonyl (C=O) groups is 1. The van der Waals surface area contributed by atoms with Gasteiger partial charge in [0, 0.05) is 40.7 Å². The van der Waals surface area contributed by atoms with Crippen molar-refractivity contribution >= 4 is 35.3 Å². The molecule has 0 bridgehead atoms. The van der Waals surface area contributed by atoms with Crippen LogP contribution in [0.2, 0.25) is 0 Å². The molecule has 0 aliphatic rings. The van der Waals surface area contributed by atoms with Crippen molar-refractivity contribution in [1.29, 1.82) is 0 Å². The minimum atomic E-state index is -0.654. The van der Waals surface area contributed by atoms with Crippen molar-refractivity contribution in [2.45, 2.75) is 23.9 Å². The maximum Gasteiger partial charge on any atom is 0.283 e. The fourth-order valence-corrected chi connectivity index (χ4v) is 3.62. The number of nitrogens with zero attached hydrogens (tertiary/aromatic N) is 5. The van der Waals surface area contributed by atoms with E-state index in [0.717, 1.165) is 29.2 Å². The fourth-order valence-electron chi connectivity index (χ4n) is 2.67. The van der Waals surface area contributed by atoms with Crippen molar-refractivity contribution in [2.24, 2.45) is 5.10 Å². The SMILES string of the molecule is Cc1cc(C)nc(Sc2ccc(/C=N/NC(=O)c3cccc([N+](=O)[O-])c3)cc2[N+](=O)[O-])n1. The Labute approximate surface area is 185 Å². The summed E-state index contributed by atoms with van der Waals surface area (Å²) in [5.74, 6) is -0.654. The van der Waals surface area contributed by atoms with Crippen molar-refractivity contribution in [3.05, 3.63) is 91.3 Å². The minimum Gasteiger partial charge on any atom is -0.267 e. The van der Waals surface area contributed by atoms with Gasteiger partial charge in [-0.25, -0.2) is 15.4 Å². The maximum atomic E-state index is 12.1. The van der Waals surface area contributed by atoms with Crippen molar-refractivity contribution in [3.63, 3.8) is 0 Å².